The monoisotopic (exact) mass is 227 g/mol. The molecule has 1 heteroatoms. The quantitative estimate of drug-likeness (QED) is 0.681. The van der Waals surface area contributed by atoms with Gasteiger partial charge in [0.25, 0.3) is 0 Å². The number of aryl methyl sites for hydroxylation is 1. The third-order valence-electron chi connectivity index (χ3n) is 3.62. The second-order valence-electron chi connectivity index (χ2n) is 5.36. The van der Waals surface area contributed by atoms with Crippen LogP contribution in [0, 0.1) is 0 Å². The standard InChI is InChI=1S/C16H21N/c1-5-6-11-16(2,3)15-12-13-9-7-8-10-14(13)17(15)4/h5,7-10,12H,1,6,11H2,2-4H3. The van der Waals surface area contributed by atoms with Crippen molar-refractivity contribution in [3.8, 4) is 0 Å². The van der Waals surface area contributed by atoms with Gasteiger partial charge in [0, 0.05) is 23.7 Å². The summed E-state index contributed by atoms with van der Waals surface area (Å²) in [4.78, 5) is 0. The lowest BCUT2D eigenvalue weighted by Gasteiger charge is -2.25. The highest BCUT2D eigenvalue weighted by Crippen LogP contribution is 2.32. The van der Waals surface area contributed by atoms with Crippen LogP contribution in [0.2, 0.25) is 0 Å². The molecule has 2 rings (SSSR count). The third-order valence-corrected chi connectivity index (χ3v) is 3.62. The molecule has 0 atom stereocenters. The average molecular weight is 227 g/mol. The molecule has 0 unspecified atom stereocenters. The molecule has 1 aromatic carbocycles. The molecule has 0 N–H and O–H groups in total. The SMILES string of the molecule is C=CCCC(C)(C)c1cc2ccccc2n1C. The molecule has 0 amide bonds. The van der Waals surface area contributed by atoms with Crippen molar-refractivity contribution < 1.29 is 0 Å². The van der Waals surface area contributed by atoms with E-state index in [0.29, 0.717) is 0 Å². The zero-order valence-electron chi connectivity index (χ0n) is 11.0. The number of allylic oxidation sites excluding steroid dienone is 1. The fraction of sp³-hybridized carbons (Fsp3) is 0.375. The van der Waals surface area contributed by atoms with E-state index in [1.54, 1.807) is 0 Å². The summed E-state index contributed by atoms with van der Waals surface area (Å²) in [6, 6.07) is 10.9. The third kappa shape index (κ3) is 2.14. The second kappa shape index (κ2) is 4.40. The van der Waals surface area contributed by atoms with Gasteiger partial charge in [0.1, 0.15) is 0 Å². The first kappa shape index (κ1) is 12.0. The number of rotatable bonds is 4. The Balaban J connectivity index is 2.47. The summed E-state index contributed by atoms with van der Waals surface area (Å²) in [5.74, 6) is 0. The predicted molar refractivity (Wildman–Crippen MR) is 75.4 cm³/mol. The van der Waals surface area contributed by atoms with E-state index >= 15 is 0 Å². The van der Waals surface area contributed by atoms with E-state index in [4.69, 9.17) is 0 Å². The maximum Gasteiger partial charge on any atom is 0.0480 e. The highest BCUT2D eigenvalue weighted by molar-refractivity contribution is 5.81. The zero-order chi connectivity index (χ0) is 12.5. The minimum atomic E-state index is 0.196. The summed E-state index contributed by atoms with van der Waals surface area (Å²) < 4.78 is 2.32. The lowest BCUT2D eigenvalue weighted by Crippen LogP contribution is -2.20. The molecule has 1 nitrogen and oxygen atoms in total. The van der Waals surface area contributed by atoms with Crippen LogP contribution in [0.5, 0.6) is 0 Å². The Morgan fingerprint density at radius 1 is 1.29 bits per heavy atom. The van der Waals surface area contributed by atoms with Gasteiger partial charge in [-0.15, -0.1) is 6.58 Å². The topological polar surface area (TPSA) is 4.93 Å². The van der Waals surface area contributed by atoms with E-state index in [2.05, 4.69) is 62.4 Å². The van der Waals surface area contributed by atoms with Crippen molar-refractivity contribution in [2.24, 2.45) is 7.05 Å². The van der Waals surface area contributed by atoms with Crippen LogP contribution in [0.25, 0.3) is 10.9 Å². The summed E-state index contributed by atoms with van der Waals surface area (Å²) in [6.07, 6.45) is 4.21. The molecule has 90 valence electrons. The maximum atomic E-state index is 3.82. The molecule has 0 aliphatic carbocycles. The number of hydrogen-bond acceptors (Lipinski definition) is 0. The average Bonchev–Trinajstić information content (AvgIpc) is 2.66. The molecular weight excluding hydrogens is 206 g/mol. The lowest BCUT2D eigenvalue weighted by atomic mass is 9.84. The number of aromatic nitrogens is 1. The zero-order valence-corrected chi connectivity index (χ0v) is 11.0. The van der Waals surface area contributed by atoms with Crippen LogP contribution in [0.4, 0.5) is 0 Å². The maximum absolute atomic E-state index is 3.82. The van der Waals surface area contributed by atoms with E-state index < -0.39 is 0 Å². The van der Waals surface area contributed by atoms with Crippen molar-refractivity contribution in [2.45, 2.75) is 32.1 Å². The van der Waals surface area contributed by atoms with Crippen molar-refractivity contribution in [2.75, 3.05) is 0 Å². The molecule has 0 spiro atoms. The minimum Gasteiger partial charge on any atom is -0.347 e. The summed E-state index contributed by atoms with van der Waals surface area (Å²) >= 11 is 0. The number of para-hydroxylation sites is 1. The Labute approximate surface area is 104 Å². The Morgan fingerprint density at radius 3 is 2.65 bits per heavy atom. The van der Waals surface area contributed by atoms with Crippen LogP contribution in [-0.2, 0) is 12.5 Å². The number of benzene rings is 1. The van der Waals surface area contributed by atoms with Crippen LogP contribution < -0.4 is 0 Å². The van der Waals surface area contributed by atoms with Gasteiger partial charge in [-0.25, -0.2) is 0 Å². The molecule has 0 fully saturated rings. The molecule has 0 saturated heterocycles. The van der Waals surface area contributed by atoms with Gasteiger partial charge in [-0.3, -0.25) is 0 Å². The van der Waals surface area contributed by atoms with Crippen LogP contribution in [-0.4, -0.2) is 4.57 Å². The normalized spacial score (nSPS) is 11.9. The van der Waals surface area contributed by atoms with Gasteiger partial charge in [0.05, 0.1) is 0 Å². The molecule has 2 aromatic rings. The first-order chi connectivity index (χ1) is 8.06. The largest absolute Gasteiger partial charge is 0.347 e. The van der Waals surface area contributed by atoms with Gasteiger partial charge in [-0.2, -0.15) is 0 Å². The van der Waals surface area contributed by atoms with Crippen LogP contribution in [0.15, 0.2) is 43.0 Å². The Kier molecular flexibility index (Phi) is 3.10. The smallest absolute Gasteiger partial charge is 0.0480 e. The molecule has 0 aliphatic heterocycles. The van der Waals surface area contributed by atoms with Crippen LogP contribution in [0.1, 0.15) is 32.4 Å². The van der Waals surface area contributed by atoms with Gasteiger partial charge in [-0.05, 0) is 30.4 Å². The first-order valence-electron chi connectivity index (χ1n) is 6.22. The summed E-state index contributed by atoms with van der Waals surface area (Å²) in [5, 5.41) is 1.33. The lowest BCUT2D eigenvalue weighted by molar-refractivity contribution is 0.457. The summed E-state index contributed by atoms with van der Waals surface area (Å²) in [6.45, 7) is 8.44. The molecule has 0 aliphatic rings. The van der Waals surface area contributed by atoms with E-state index in [-0.39, 0.29) is 5.41 Å². The number of hydrogen-bond donors (Lipinski definition) is 0. The van der Waals surface area contributed by atoms with Crippen molar-refractivity contribution in [3.63, 3.8) is 0 Å². The van der Waals surface area contributed by atoms with Crippen molar-refractivity contribution in [1.29, 1.82) is 0 Å². The Hall–Kier alpha value is -1.50. The highest BCUT2D eigenvalue weighted by atomic mass is 15.0. The summed E-state index contributed by atoms with van der Waals surface area (Å²) in [7, 11) is 2.16. The van der Waals surface area contributed by atoms with Gasteiger partial charge < -0.3 is 4.57 Å². The number of nitrogens with zero attached hydrogens (tertiary/aromatic N) is 1. The molecule has 1 heterocycles. The second-order valence-corrected chi connectivity index (χ2v) is 5.36. The van der Waals surface area contributed by atoms with Gasteiger partial charge in [0.2, 0.25) is 0 Å². The van der Waals surface area contributed by atoms with E-state index in [0.717, 1.165) is 12.8 Å². The molecule has 17 heavy (non-hydrogen) atoms. The van der Waals surface area contributed by atoms with Crippen molar-refractivity contribution in [1.82, 2.24) is 4.57 Å². The predicted octanol–water partition coefficient (Wildman–Crippen LogP) is 4.42. The molecule has 0 saturated carbocycles. The fourth-order valence-corrected chi connectivity index (χ4v) is 2.53. The van der Waals surface area contributed by atoms with Crippen molar-refractivity contribution in [3.05, 3.63) is 48.7 Å². The molecular formula is C16H21N. The fourth-order valence-electron chi connectivity index (χ4n) is 2.53. The number of fused-ring (bicyclic) bond motifs is 1. The van der Waals surface area contributed by atoms with E-state index in [9.17, 15) is 0 Å². The van der Waals surface area contributed by atoms with Crippen molar-refractivity contribution >= 4 is 10.9 Å². The molecule has 0 bridgehead atoms. The van der Waals surface area contributed by atoms with Gasteiger partial charge in [-0.1, -0.05) is 38.1 Å². The minimum absolute atomic E-state index is 0.196. The Morgan fingerprint density at radius 2 is 2.00 bits per heavy atom. The van der Waals surface area contributed by atoms with Gasteiger partial charge in [0.15, 0.2) is 0 Å². The first-order valence-corrected chi connectivity index (χ1v) is 6.22. The van der Waals surface area contributed by atoms with Gasteiger partial charge >= 0.3 is 0 Å². The Bertz CT molecular complexity index is 531. The van der Waals surface area contributed by atoms with Crippen LogP contribution >= 0.6 is 0 Å². The van der Waals surface area contributed by atoms with E-state index in [1.807, 2.05) is 6.08 Å². The highest BCUT2D eigenvalue weighted by Gasteiger charge is 2.23. The molecule has 1 aromatic heterocycles. The summed E-state index contributed by atoms with van der Waals surface area (Å²) in [5.41, 5.74) is 2.91. The van der Waals surface area contributed by atoms with Crippen LogP contribution in [0.3, 0.4) is 0 Å². The van der Waals surface area contributed by atoms with E-state index in [1.165, 1.54) is 16.6 Å². The molecule has 0 radical (unpaired) electrons.